The van der Waals surface area contributed by atoms with Crippen LogP contribution in [0, 0.1) is 0 Å². The van der Waals surface area contributed by atoms with Crippen molar-refractivity contribution in [2.24, 2.45) is 5.73 Å². The summed E-state index contributed by atoms with van der Waals surface area (Å²) in [5.41, 5.74) is 5.06. The molecule has 1 saturated heterocycles. The van der Waals surface area contributed by atoms with E-state index in [1.54, 1.807) is 24.3 Å². The molecule has 0 bridgehead atoms. The molecule has 7 heteroatoms. The van der Waals surface area contributed by atoms with Crippen LogP contribution in [-0.2, 0) is 14.8 Å². The van der Waals surface area contributed by atoms with E-state index < -0.39 is 15.9 Å². The highest BCUT2D eigenvalue weighted by Gasteiger charge is 2.26. The minimum Gasteiger partial charge on any atom is -0.369 e. The average molecular weight is 300 g/mol. The number of sulfonamides is 1. The number of hydrogen-bond donors (Lipinski definition) is 1. The molecule has 0 aromatic heterocycles. The molecule has 0 unspecified atom stereocenters. The Labute approximate surface area is 117 Å². The van der Waals surface area contributed by atoms with Crippen molar-refractivity contribution in [1.29, 1.82) is 0 Å². The van der Waals surface area contributed by atoms with E-state index in [4.69, 9.17) is 5.73 Å². The van der Waals surface area contributed by atoms with Crippen LogP contribution in [0.15, 0.2) is 34.1 Å². The van der Waals surface area contributed by atoms with Crippen molar-refractivity contribution in [3.05, 3.63) is 24.3 Å². The van der Waals surface area contributed by atoms with Crippen molar-refractivity contribution in [3.63, 3.8) is 0 Å². The van der Waals surface area contributed by atoms with Crippen LogP contribution in [0.1, 0.15) is 12.8 Å². The Bertz CT molecular complexity index is 549. The van der Waals surface area contributed by atoms with Gasteiger partial charge in [-0.2, -0.15) is 4.31 Å². The third-order valence-corrected chi connectivity index (χ3v) is 5.85. The first-order valence-corrected chi connectivity index (χ1v) is 8.44. The molecule has 1 heterocycles. The zero-order chi connectivity index (χ0) is 13.9. The van der Waals surface area contributed by atoms with Crippen LogP contribution >= 0.6 is 11.8 Å². The number of primary amides is 1. The molecule has 0 radical (unpaired) electrons. The number of carbonyl (C=O) groups excluding carboxylic acids is 1. The summed E-state index contributed by atoms with van der Waals surface area (Å²) in [6, 6.07) is 6.57. The molecule has 1 fully saturated rings. The van der Waals surface area contributed by atoms with E-state index >= 15 is 0 Å². The van der Waals surface area contributed by atoms with E-state index in [1.165, 1.54) is 16.1 Å². The molecule has 1 aliphatic heterocycles. The second-order valence-corrected chi connectivity index (χ2v) is 7.32. The van der Waals surface area contributed by atoms with Gasteiger partial charge in [0.05, 0.1) is 10.6 Å². The largest absolute Gasteiger partial charge is 0.369 e. The molecule has 0 saturated carbocycles. The zero-order valence-electron chi connectivity index (χ0n) is 10.4. The fraction of sp³-hybridized carbons (Fsp3) is 0.417. The van der Waals surface area contributed by atoms with Gasteiger partial charge in [0.25, 0.3) is 0 Å². The monoisotopic (exact) mass is 300 g/mol. The predicted molar refractivity (Wildman–Crippen MR) is 74.4 cm³/mol. The molecule has 0 atom stereocenters. The molecular formula is C12H16N2O3S2. The average Bonchev–Trinajstić information content (AvgIpc) is 2.91. The maximum absolute atomic E-state index is 12.3. The lowest BCUT2D eigenvalue weighted by Gasteiger charge is -2.15. The molecule has 2 N–H and O–H groups in total. The smallest absolute Gasteiger partial charge is 0.243 e. The summed E-state index contributed by atoms with van der Waals surface area (Å²) in [6.07, 6.45) is 1.84. The van der Waals surface area contributed by atoms with Crippen molar-refractivity contribution >= 4 is 27.7 Å². The number of nitrogens with two attached hydrogens (primary N) is 1. The maximum atomic E-state index is 12.3. The second kappa shape index (κ2) is 5.94. The Kier molecular flexibility index (Phi) is 4.49. The highest BCUT2D eigenvalue weighted by atomic mass is 32.2. The van der Waals surface area contributed by atoms with Crippen molar-refractivity contribution in [1.82, 2.24) is 4.31 Å². The summed E-state index contributed by atoms with van der Waals surface area (Å²) < 4.78 is 26.0. The Morgan fingerprint density at radius 2 is 1.79 bits per heavy atom. The van der Waals surface area contributed by atoms with Gasteiger partial charge >= 0.3 is 0 Å². The number of rotatable bonds is 5. The Hall–Kier alpha value is -1.05. The molecule has 1 aromatic rings. The normalized spacial score (nSPS) is 16.6. The van der Waals surface area contributed by atoms with Gasteiger partial charge in [-0.1, -0.05) is 0 Å². The molecule has 1 aliphatic rings. The number of amides is 1. The van der Waals surface area contributed by atoms with E-state index in [0.29, 0.717) is 18.0 Å². The highest BCUT2D eigenvalue weighted by Crippen LogP contribution is 2.24. The summed E-state index contributed by atoms with van der Waals surface area (Å²) in [4.78, 5) is 11.8. The molecule has 1 amide bonds. The predicted octanol–water partition coefficient (Wildman–Crippen LogP) is 1.05. The van der Waals surface area contributed by atoms with Gasteiger partial charge in [0.1, 0.15) is 0 Å². The van der Waals surface area contributed by atoms with E-state index in [0.717, 1.165) is 17.7 Å². The summed E-state index contributed by atoms with van der Waals surface area (Å²) in [5.74, 6) is -0.197. The van der Waals surface area contributed by atoms with E-state index in [9.17, 15) is 13.2 Å². The molecule has 0 spiro atoms. The van der Waals surface area contributed by atoms with Crippen LogP contribution in [0.2, 0.25) is 0 Å². The minimum atomic E-state index is -3.35. The molecule has 2 rings (SSSR count). The number of thioether (sulfide) groups is 1. The van der Waals surface area contributed by atoms with Crippen molar-refractivity contribution in [2.45, 2.75) is 22.6 Å². The van der Waals surface area contributed by atoms with Crippen molar-refractivity contribution in [2.75, 3.05) is 18.8 Å². The van der Waals surface area contributed by atoms with Crippen molar-refractivity contribution in [3.8, 4) is 0 Å². The highest BCUT2D eigenvalue weighted by molar-refractivity contribution is 8.00. The Morgan fingerprint density at radius 3 is 2.32 bits per heavy atom. The lowest BCUT2D eigenvalue weighted by Crippen LogP contribution is -2.27. The lowest BCUT2D eigenvalue weighted by molar-refractivity contribution is -0.115. The van der Waals surface area contributed by atoms with Gasteiger partial charge in [0.15, 0.2) is 0 Å². The first-order chi connectivity index (χ1) is 9.00. The Balaban J connectivity index is 2.11. The molecule has 0 aliphatic carbocycles. The van der Waals surface area contributed by atoms with Gasteiger partial charge in [-0.3, -0.25) is 4.79 Å². The standard InChI is InChI=1S/C12H16N2O3S2/c13-12(15)9-18-10-3-5-11(6-4-10)19(16,17)14-7-1-2-8-14/h3-6H,1-2,7-9H2,(H2,13,15). The van der Waals surface area contributed by atoms with Gasteiger partial charge in [0, 0.05) is 18.0 Å². The molecule has 104 valence electrons. The quantitative estimate of drug-likeness (QED) is 0.824. The number of hydrogen-bond acceptors (Lipinski definition) is 4. The second-order valence-electron chi connectivity index (χ2n) is 4.34. The van der Waals surface area contributed by atoms with Gasteiger partial charge < -0.3 is 5.73 Å². The van der Waals surface area contributed by atoms with Crippen LogP contribution in [0.5, 0.6) is 0 Å². The van der Waals surface area contributed by atoms with E-state index in [1.807, 2.05) is 0 Å². The third-order valence-electron chi connectivity index (χ3n) is 2.91. The summed E-state index contributed by atoms with van der Waals surface area (Å²) in [6.45, 7) is 1.20. The first kappa shape index (κ1) is 14.4. The van der Waals surface area contributed by atoms with Crippen LogP contribution < -0.4 is 5.73 Å². The van der Waals surface area contributed by atoms with Crippen molar-refractivity contribution < 1.29 is 13.2 Å². The zero-order valence-corrected chi connectivity index (χ0v) is 12.0. The van der Waals surface area contributed by atoms with Crippen LogP contribution in [0.25, 0.3) is 0 Å². The van der Waals surface area contributed by atoms with Gasteiger partial charge in [-0.15, -0.1) is 11.8 Å². The SMILES string of the molecule is NC(=O)CSc1ccc(S(=O)(=O)N2CCCC2)cc1. The van der Waals surface area contributed by atoms with Gasteiger partial charge in [0.2, 0.25) is 15.9 Å². The minimum absolute atomic E-state index is 0.193. The topological polar surface area (TPSA) is 80.5 Å². The fourth-order valence-electron chi connectivity index (χ4n) is 1.94. The molecule has 1 aromatic carbocycles. The molecular weight excluding hydrogens is 284 g/mol. The van der Waals surface area contributed by atoms with Crippen LogP contribution in [0.3, 0.4) is 0 Å². The number of carbonyl (C=O) groups is 1. The number of nitrogens with zero attached hydrogens (tertiary/aromatic N) is 1. The lowest BCUT2D eigenvalue weighted by atomic mass is 10.4. The van der Waals surface area contributed by atoms with Crippen LogP contribution in [-0.4, -0.2) is 37.5 Å². The van der Waals surface area contributed by atoms with Gasteiger partial charge in [-0.25, -0.2) is 8.42 Å². The van der Waals surface area contributed by atoms with E-state index in [-0.39, 0.29) is 5.75 Å². The maximum Gasteiger partial charge on any atom is 0.243 e. The number of benzene rings is 1. The summed E-state index contributed by atoms with van der Waals surface area (Å²) in [5, 5.41) is 0. The van der Waals surface area contributed by atoms with E-state index in [2.05, 4.69) is 0 Å². The van der Waals surface area contributed by atoms with Gasteiger partial charge in [-0.05, 0) is 37.1 Å². The van der Waals surface area contributed by atoms with Crippen LogP contribution in [0.4, 0.5) is 0 Å². The molecule has 5 nitrogen and oxygen atoms in total. The fourth-order valence-corrected chi connectivity index (χ4v) is 4.09. The summed E-state index contributed by atoms with van der Waals surface area (Å²) >= 11 is 1.30. The first-order valence-electron chi connectivity index (χ1n) is 6.01. The Morgan fingerprint density at radius 1 is 1.21 bits per heavy atom. The summed E-state index contributed by atoms with van der Waals surface area (Å²) in [7, 11) is -3.35. The third kappa shape index (κ3) is 3.49. The molecule has 19 heavy (non-hydrogen) atoms.